The molecule has 3 amide bonds. The molecule has 38 heavy (non-hydrogen) atoms. The number of amides is 3. The van der Waals surface area contributed by atoms with E-state index < -0.39 is 35.1 Å². The first kappa shape index (κ1) is 29.8. The van der Waals surface area contributed by atoms with Crippen LogP contribution in [0.5, 0.6) is 0 Å². The van der Waals surface area contributed by atoms with E-state index in [4.69, 9.17) is 26.9 Å². The Morgan fingerprint density at radius 3 is 2.34 bits per heavy atom. The second kappa shape index (κ2) is 10.8. The minimum atomic E-state index is -1.06. The van der Waals surface area contributed by atoms with E-state index in [0.717, 1.165) is 18.9 Å². The molecule has 1 saturated carbocycles. The zero-order chi connectivity index (χ0) is 28.6. The highest BCUT2D eigenvalue weighted by molar-refractivity contribution is 6.37. The van der Waals surface area contributed by atoms with E-state index in [0.29, 0.717) is 31.1 Å². The van der Waals surface area contributed by atoms with Gasteiger partial charge in [0.05, 0.1) is 22.0 Å². The van der Waals surface area contributed by atoms with E-state index in [1.54, 1.807) is 46.4 Å². The van der Waals surface area contributed by atoms with Gasteiger partial charge in [-0.15, -0.1) is 0 Å². The molecule has 1 aliphatic carbocycles. The molecule has 0 aromatic heterocycles. The highest BCUT2D eigenvalue weighted by atomic mass is 35.5. The molecule has 0 spiro atoms. The lowest BCUT2D eigenvalue weighted by Gasteiger charge is -2.29. The quantitative estimate of drug-likeness (QED) is 0.253. The van der Waals surface area contributed by atoms with E-state index in [1.807, 2.05) is 6.92 Å². The summed E-state index contributed by atoms with van der Waals surface area (Å²) < 4.78 is 26.1. The lowest BCUT2D eigenvalue weighted by atomic mass is 9.90. The van der Waals surface area contributed by atoms with Crippen molar-refractivity contribution in [2.75, 3.05) is 29.9 Å². The predicted molar refractivity (Wildman–Crippen MR) is 144 cm³/mol. The van der Waals surface area contributed by atoms with Crippen LogP contribution in [0.3, 0.4) is 0 Å². The summed E-state index contributed by atoms with van der Waals surface area (Å²) in [6.45, 7) is 13.5. The molecule has 1 heterocycles. The molecule has 10 nitrogen and oxygen atoms in total. The number of nitrogens with zero attached hydrogens (tertiary/aromatic N) is 2. The van der Waals surface area contributed by atoms with Gasteiger partial charge in [-0.3, -0.25) is 4.79 Å². The number of imide groups is 1. The van der Waals surface area contributed by atoms with Crippen LogP contribution < -0.4 is 21.4 Å². The normalized spacial score (nSPS) is 19.7. The molecule has 1 atom stereocenters. The van der Waals surface area contributed by atoms with Gasteiger partial charge >= 0.3 is 12.2 Å². The van der Waals surface area contributed by atoms with Crippen LogP contribution in [0.1, 0.15) is 78.1 Å². The Balaban J connectivity index is 1.84. The van der Waals surface area contributed by atoms with E-state index in [-0.39, 0.29) is 33.4 Å². The molecule has 2 fully saturated rings. The number of benzene rings is 1. The number of carbonyl (C=O) groups is 3. The van der Waals surface area contributed by atoms with Gasteiger partial charge in [-0.2, -0.15) is 5.01 Å². The maximum atomic E-state index is 15.6. The van der Waals surface area contributed by atoms with Gasteiger partial charge in [0, 0.05) is 31.1 Å². The molecule has 1 aliphatic heterocycles. The Labute approximate surface area is 228 Å². The third kappa shape index (κ3) is 7.63. The van der Waals surface area contributed by atoms with Crippen molar-refractivity contribution in [2.45, 2.75) is 85.0 Å². The largest absolute Gasteiger partial charge is 0.444 e. The third-order valence-electron chi connectivity index (χ3n) is 6.09. The zero-order valence-corrected chi connectivity index (χ0v) is 23.9. The molecule has 0 radical (unpaired) electrons. The Morgan fingerprint density at radius 1 is 1.18 bits per heavy atom. The van der Waals surface area contributed by atoms with Crippen LogP contribution in [0.4, 0.5) is 25.4 Å². The van der Waals surface area contributed by atoms with Gasteiger partial charge in [0.25, 0.3) is 5.91 Å². The summed E-state index contributed by atoms with van der Waals surface area (Å²) in [7, 11) is 0. The lowest BCUT2D eigenvalue weighted by molar-refractivity contribution is 0.0239. The summed E-state index contributed by atoms with van der Waals surface area (Å²) >= 11 is 6.74. The first-order valence-electron chi connectivity index (χ1n) is 12.7. The van der Waals surface area contributed by atoms with Crippen LogP contribution in [0.25, 0.3) is 0 Å². The molecule has 2 aliphatic rings. The van der Waals surface area contributed by atoms with Crippen molar-refractivity contribution in [3.63, 3.8) is 0 Å². The molecule has 1 aromatic rings. The standard InChI is InChI=1S/C26H39ClFN5O5/c1-24(2,3)37-22(35)30-13-26(7)10-11-32(14-26)20-17(28)12-16(19(18(20)27)31-15-8-9-15)21(34)33(29)23(36)38-25(4,5)6/h12,15,31H,8-11,13-14,29H2,1-7H3,(H,30,35). The number of anilines is 2. The van der Waals surface area contributed by atoms with Gasteiger partial charge in [-0.25, -0.2) is 19.8 Å². The number of ether oxygens (including phenoxy) is 2. The third-order valence-corrected chi connectivity index (χ3v) is 6.46. The van der Waals surface area contributed by atoms with Gasteiger partial charge in [-0.05, 0) is 66.9 Å². The van der Waals surface area contributed by atoms with E-state index in [9.17, 15) is 14.4 Å². The highest BCUT2D eigenvalue weighted by Crippen LogP contribution is 2.44. The van der Waals surface area contributed by atoms with Crippen LogP contribution >= 0.6 is 11.6 Å². The lowest BCUT2D eigenvalue weighted by Crippen LogP contribution is -2.45. The number of nitrogens with one attached hydrogen (secondary N) is 2. The van der Waals surface area contributed by atoms with Crippen LogP contribution in [0.15, 0.2) is 6.07 Å². The fourth-order valence-corrected chi connectivity index (χ4v) is 4.49. The number of halogens is 2. The van der Waals surface area contributed by atoms with Crippen molar-refractivity contribution < 1.29 is 28.2 Å². The van der Waals surface area contributed by atoms with Crippen molar-refractivity contribution in [1.29, 1.82) is 0 Å². The Hall–Kier alpha value is -2.79. The van der Waals surface area contributed by atoms with E-state index in [2.05, 4.69) is 10.6 Å². The predicted octanol–water partition coefficient (Wildman–Crippen LogP) is 5.05. The molecule has 12 heteroatoms. The van der Waals surface area contributed by atoms with Crippen LogP contribution in [0.2, 0.25) is 5.02 Å². The summed E-state index contributed by atoms with van der Waals surface area (Å²) in [5.41, 5.74) is -1.66. The van der Waals surface area contributed by atoms with Crippen molar-refractivity contribution in [3.8, 4) is 0 Å². The summed E-state index contributed by atoms with van der Waals surface area (Å²) in [5.74, 6) is 4.11. The Bertz CT molecular complexity index is 1100. The Kier molecular flexibility index (Phi) is 8.43. The van der Waals surface area contributed by atoms with Crippen molar-refractivity contribution in [2.24, 2.45) is 11.3 Å². The van der Waals surface area contributed by atoms with Gasteiger partial charge in [0.1, 0.15) is 17.0 Å². The number of hydrogen-bond donors (Lipinski definition) is 3. The minimum Gasteiger partial charge on any atom is -0.444 e. The average molecular weight is 556 g/mol. The van der Waals surface area contributed by atoms with E-state index >= 15 is 4.39 Å². The molecule has 1 aromatic carbocycles. The molecule has 1 saturated heterocycles. The molecule has 1 unspecified atom stereocenters. The second-order valence-corrected chi connectivity index (χ2v) is 12.7. The molecule has 3 rings (SSSR count). The van der Waals surface area contributed by atoms with Crippen molar-refractivity contribution in [3.05, 3.63) is 22.5 Å². The zero-order valence-electron chi connectivity index (χ0n) is 23.2. The number of hydrazine groups is 1. The maximum absolute atomic E-state index is 15.6. The second-order valence-electron chi connectivity index (χ2n) is 12.4. The summed E-state index contributed by atoms with van der Waals surface area (Å²) in [6, 6.07) is 1.12. The summed E-state index contributed by atoms with van der Waals surface area (Å²) in [5, 5.41) is 6.34. The van der Waals surface area contributed by atoms with Crippen molar-refractivity contribution in [1.82, 2.24) is 10.3 Å². The van der Waals surface area contributed by atoms with Gasteiger partial charge < -0.3 is 25.0 Å². The van der Waals surface area contributed by atoms with Crippen LogP contribution in [-0.2, 0) is 9.47 Å². The molecule has 4 N–H and O–H groups in total. The smallest absolute Gasteiger partial charge is 0.432 e. The van der Waals surface area contributed by atoms with Gasteiger partial charge in [0.15, 0.2) is 0 Å². The number of nitrogens with two attached hydrogens (primary N) is 1. The minimum absolute atomic E-state index is 0.0298. The average Bonchev–Trinajstić information content (AvgIpc) is 3.51. The molecule has 212 valence electrons. The molecule has 0 bridgehead atoms. The monoisotopic (exact) mass is 555 g/mol. The SMILES string of the molecule is CC1(CNC(=O)OC(C)(C)C)CCN(c2c(F)cc(C(=O)N(N)C(=O)OC(C)(C)C)c(NC3CC3)c2Cl)C1. The van der Waals surface area contributed by atoms with Crippen molar-refractivity contribution >= 4 is 41.1 Å². The molecular formula is C26H39ClFN5O5. The number of hydrogen-bond acceptors (Lipinski definition) is 8. The highest BCUT2D eigenvalue weighted by Gasteiger charge is 2.39. The molecular weight excluding hydrogens is 517 g/mol. The van der Waals surface area contributed by atoms with Crippen LogP contribution in [-0.4, -0.2) is 60.0 Å². The fraction of sp³-hybridized carbons (Fsp3) is 0.654. The summed E-state index contributed by atoms with van der Waals surface area (Å²) in [4.78, 5) is 39.5. The number of alkyl carbamates (subject to hydrolysis) is 1. The first-order chi connectivity index (χ1) is 17.4. The first-order valence-corrected chi connectivity index (χ1v) is 13.1. The topological polar surface area (TPSA) is 126 Å². The maximum Gasteiger partial charge on any atom is 0.432 e. The number of carbonyl (C=O) groups excluding carboxylic acids is 3. The van der Waals surface area contributed by atoms with E-state index in [1.165, 1.54) is 0 Å². The van der Waals surface area contributed by atoms with Gasteiger partial charge in [0.2, 0.25) is 0 Å². The fourth-order valence-electron chi connectivity index (χ4n) is 4.12. The number of rotatable bonds is 6. The van der Waals surface area contributed by atoms with Crippen LogP contribution in [0, 0.1) is 11.2 Å². The summed E-state index contributed by atoms with van der Waals surface area (Å²) in [6.07, 6.45) is 0.824. The Morgan fingerprint density at radius 2 is 1.79 bits per heavy atom. The van der Waals surface area contributed by atoms with Gasteiger partial charge in [-0.1, -0.05) is 18.5 Å².